The van der Waals surface area contributed by atoms with E-state index in [1.807, 2.05) is 6.07 Å². The Hall–Kier alpha value is -2.32. The molecule has 1 amide bonds. The number of nitrogens with one attached hydrogen (secondary N) is 1. The van der Waals surface area contributed by atoms with Gasteiger partial charge in [0.1, 0.15) is 5.82 Å². The van der Waals surface area contributed by atoms with Crippen molar-refractivity contribution in [2.45, 2.75) is 24.7 Å². The van der Waals surface area contributed by atoms with Crippen LogP contribution in [0.15, 0.2) is 42.6 Å². The third-order valence-electron chi connectivity index (χ3n) is 5.42. The first-order valence-corrected chi connectivity index (χ1v) is 9.76. The predicted molar refractivity (Wildman–Crippen MR) is 104 cm³/mol. The van der Waals surface area contributed by atoms with Gasteiger partial charge in [0.25, 0.3) is 5.91 Å². The summed E-state index contributed by atoms with van der Waals surface area (Å²) in [5.74, 6) is 0.391. The molecular weight excluding hydrogens is 405 g/mol. The highest BCUT2D eigenvalue weighted by Gasteiger charge is 2.38. The van der Waals surface area contributed by atoms with Crippen LogP contribution in [0.25, 0.3) is 0 Å². The highest BCUT2D eigenvalue weighted by Crippen LogP contribution is 2.30. The maximum Gasteiger partial charge on any atom is 0.416 e. The average Bonchev–Trinajstić information content (AvgIpc) is 3.10. The fourth-order valence-corrected chi connectivity index (χ4v) is 4.13. The van der Waals surface area contributed by atoms with Gasteiger partial charge in [-0.1, -0.05) is 17.7 Å². The Labute approximate surface area is 171 Å². The zero-order valence-corrected chi connectivity index (χ0v) is 16.2. The van der Waals surface area contributed by atoms with Gasteiger partial charge in [0, 0.05) is 50.0 Å². The monoisotopic (exact) mass is 424 g/mol. The van der Waals surface area contributed by atoms with Gasteiger partial charge in [0.05, 0.1) is 10.6 Å². The predicted octanol–water partition coefficient (Wildman–Crippen LogP) is 3.76. The number of carbonyl (C=O) groups is 1. The average molecular weight is 425 g/mol. The van der Waals surface area contributed by atoms with Gasteiger partial charge in [0.15, 0.2) is 0 Å². The minimum absolute atomic E-state index is 0.0753. The van der Waals surface area contributed by atoms with Gasteiger partial charge in [-0.15, -0.1) is 0 Å². The second kappa shape index (κ2) is 7.84. The molecule has 1 aromatic carbocycles. The second-order valence-electron chi connectivity index (χ2n) is 7.42. The number of aromatic nitrogens is 1. The Bertz CT molecular complexity index is 890. The van der Waals surface area contributed by atoms with Gasteiger partial charge in [-0.05, 0) is 36.8 Å². The van der Waals surface area contributed by atoms with Crippen LogP contribution in [-0.2, 0) is 6.18 Å². The highest BCUT2D eigenvalue weighted by atomic mass is 35.5. The Morgan fingerprint density at radius 3 is 2.72 bits per heavy atom. The number of anilines is 1. The Kier molecular flexibility index (Phi) is 5.40. The molecule has 0 bridgehead atoms. The number of hydrogen-bond donors (Lipinski definition) is 1. The van der Waals surface area contributed by atoms with Gasteiger partial charge in [-0.3, -0.25) is 9.69 Å². The first-order chi connectivity index (χ1) is 13.8. The van der Waals surface area contributed by atoms with Crippen molar-refractivity contribution in [2.75, 3.05) is 31.5 Å². The molecule has 0 radical (unpaired) electrons. The van der Waals surface area contributed by atoms with Gasteiger partial charge in [-0.25, -0.2) is 4.98 Å². The number of nitrogens with zero attached hydrogens (tertiary/aromatic N) is 3. The molecule has 1 N–H and O–H groups in total. The van der Waals surface area contributed by atoms with E-state index in [0.29, 0.717) is 24.7 Å². The SMILES string of the molecule is O=C(c1cccc(C(F)(F)F)c1)N1CCN2C[C@@H](Nc3ccc(Cl)cn3)C[C@H]2C1. The Morgan fingerprint density at radius 2 is 2.00 bits per heavy atom. The zero-order chi connectivity index (χ0) is 20.6. The number of halogens is 4. The van der Waals surface area contributed by atoms with E-state index in [-0.39, 0.29) is 23.6 Å². The number of alkyl halides is 3. The van der Waals surface area contributed by atoms with Crippen LogP contribution in [0, 0.1) is 0 Å². The fraction of sp³-hybridized carbons (Fsp3) is 0.400. The minimum atomic E-state index is -4.46. The van der Waals surface area contributed by atoms with Crippen LogP contribution in [0.3, 0.4) is 0 Å². The largest absolute Gasteiger partial charge is 0.416 e. The molecule has 5 nitrogen and oxygen atoms in total. The summed E-state index contributed by atoms with van der Waals surface area (Å²) in [5, 5.41) is 3.96. The standard InChI is InChI=1S/C20H20ClF3N4O/c21-15-4-5-18(25-10-15)26-16-9-17-12-28(7-6-27(17)11-16)19(29)13-2-1-3-14(8-13)20(22,23)24/h1-5,8,10,16-17H,6-7,9,11-12H2,(H,25,26)/t16-,17-/m0/s1. The quantitative estimate of drug-likeness (QED) is 0.815. The van der Waals surface area contributed by atoms with E-state index >= 15 is 0 Å². The normalized spacial score (nSPS) is 22.4. The number of rotatable bonds is 3. The summed E-state index contributed by atoms with van der Waals surface area (Å²) in [4.78, 5) is 21.0. The van der Waals surface area contributed by atoms with Gasteiger partial charge >= 0.3 is 6.18 Å². The van der Waals surface area contributed by atoms with Crippen molar-refractivity contribution in [3.05, 3.63) is 58.7 Å². The lowest BCUT2D eigenvalue weighted by atomic mass is 10.1. The summed E-state index contributed by atoms with van der Waals surface area (Å²) < 4.78 is 38.8. The highest BCUT2D eigenvalue weighted by molar-refractivity contribution is 6.30. The van der Waals surface area contributed by atoms with E-state index in [1.165, 1.54) is 12.1 Å². The molecule has 0 aliphatic carbocycles. The number of piperazine rings is 1. The van der Waals surface area contributed by atoms with E-state index < -0.39 is 11.7 Å². The van der Waals surface area contributed by atoms with Crippen molar-refractivity contribution in [1.82, 2.24) is 14.8 Å². The molecule has 0 spiro atoms. The van der Waals surface area contributed by atoms with Gasteiger partial charge in [0.2, 0.25) is 0 Å². The molecule has 0 saturated carbocycles. The molecule has 4 rings (SSSR count). The lowest BCUT2D eigenvalue weighted by Crippen LogP contribution is -2.52. The van der Waals surface area contributed by atoms with Crippen molar-refractivity contribution in [3.8, 4) is 0 Å². The van der Waals surface area contributed by atoms with E-state index in [1.54, 1.807) is 17.2 Å². The fourth-order valence-electron chi connectivity index (χ4n) is 4.01. The number of pyridine rings is 1. The molecule has 2 saturated heterocycles. The molecule has 0 unspecified atom stereocenters. The summed E-state index contributed by atoms with van der Waals surface area (Å²) in [6.45, 7) is 2.53. The molecule has 2 aliphatic heterocycles. The molecule has 2 atom stereocenters. The minimum Gasteiger partial charge on any atom is -0.366 e. The van der Waals surface area contributed by atoms with Crippen LogP contribution in [0.2, 0.25) is 5.02 Å². The zero-order valence-electron chi connectivity index (χ0n) is 15.5. The lowest BCUT2D eigenvalue weighted by molar-refractivity contribution is -0.137. The van der Waals surface area contributed by atoms with E-state index in [9.17, 15) is 18.0 Å². The maximum absolute atomic E-state index is 12.9. The van der Waals surface area contributed by atoms with E-state index in [4.69, 9.17) is 11.6 Å². The smallest absolute Gasteiger partial charge is 0.366 e. The Balaban J connectivity index is 1.39. The van der Waals surface area contributed by atoms with Crippen molar-refractivity contribution in [1.29, 1.82) is 0 Å². The molecular formula is C20H20ClF3N4O. The van der Waals surface area contributed by atoms with E-state index in [0.717, 1.165) is 30.9 Å². The van der Waals surface area contributed by atoms with Crippen molar-refractivity contribution < 1.29 is 18.0 Å². The number of benzene rings is 1. The summed E-state index contributed by atoms with van der Waals surface area (Å²) in [6, 6.07) is 8.58. The molecule has 3 heterocycles. The number of carbonyl (C=O) groups excluding carboxylic acids is 1. The summed E-state index contributed by atoms with van der Waals surface area (Å²) in [5.41, 5.74) is -0.728. The molecule has 29 heavy (non-hydrogen) atoms. The number of amides is 1. The third kappa shape index (κ3) is 4.48. The van der Waals surface area contributed by atoms with Crippen LogP contribution < -0.4 is 5.32 Å². The van der Waals surface area contributed by atoms with Crippen LogP contribution in [-0.4, -0.2) is 59.0 Å². The number of fused-ring (bicyclic) bond motifs is 1. The van der Waals surface area contributed by atoms with Crippen molar-refractivity contribution in [2.24, 2.45) is 0 Å². The van der Waals surface area contributed by atoms with Gasteiger partial charge in [-0.2, -0.15) is 13.2 Å². The summed E-state index contributed by atoms with van der Waals surface area (Å²) in [6.07, 6.45) is -2.05. The van der Waals surface area contributed by atoms with Crippen LogP contribution >= 0.6 is 11.6 Å². The Morgan fingerprint density at radius 1 is 1.17 bits per heavy atom. The van der Waals surface area contributed by atoms with Crippen molar-refractivity contribution >= 4 is 23.3 Å². The molecule has 1 aromatic heterocycles. The maximum atomic E-state index is 12.9. The summed E-state index contributed by atoms with van der Waals surface area (Å²) >= 11 is 5.86. The molecule has 2 fully saturated rings. The van der Waals surface area contributed by atoms with Gasteiger partial charge < -0.3 is 10.2 Å². The first-order valence-electron chi connectivity index (χ1n) is 9.38. The van der Waals surface area contributed by atoms with Crippen LogP contribution in [0.1, 0.15) is 22.3 Å². The van der Waals surface area contributed by atoms with Crippen LogP contribution in [0.5, 0.6) is 0 Å². The number of hydrogen-bond acceptors (Lipinski definition) is 4. The van der Waals surface area contributed by atoms with Crippen LogP contribution in [0.4, 0.5) is 19.0 Å². The molecule has 2 aliphatic rings. The second-order valence-corrected chi connectivity index (χ2v) is 7.85. The topological polar surface area (TPSA) is 48.5 Å². The molecule has 9 heteroatoms. The third-order valence-corrected chi connectivity index (χ3v) is 5.64. The van der Waals surface area contributed by atoms with Crippen molar-refractivity contribution in [3.63, 3.8) is 0 Å². The first kappa shape index (κ1) is 20.0. The molecule has 154 valence electrons. The lowest BCUT2D eigenvalue weighted by Gasteiger charge is -2.37. The van der Waals surface area contributed by atoms with E-state index in [2.05, 4.69) is 15.2 Å². The summed E-state index contributed by atoms with van der Waals surface area (Å²) in [7, 11) is 0. The molecule has 2 aromatic rings.